The third-order valence-corrected chi connectivity index (χ3v) is 14.7. The first-order valence-corrected chi connectivity index (χ1v) is 25.6. The van der Waals surface area contributed by atoms with Crippen LogP contribution in [0.1, 0.15) is 111 Å². The van der Waals surface area contributed by atoms with Crippen molar-refractivity contribution in [2.24, 2.45) is 5.41 Å². The average molecular weight is 1010 g/mol. The minimum atomic E-state index is -0.916. The molecule has 1 aliphatic heterocycles. The third-order valence-electron chi connectivity index (χ3n) is 13.7. The van der Waals surface area contributed by atoms with Crippen molar-refractivity contribution in [1.29, 1.82) is 5.26 Å². The number of hydrogen-bond acceptors (Lipinski definition) is 13. The Balaban J connectivity index is 1.23. The number of thioether (sulfide) groups is 1. The van der Waals surface area contributed by atoms with E-state index in [-0.39, 0.29) is 39.6 Å². The molecule has 0 bridgehead atoms. The van der Waals surface area contributed by atoms with Crippen LogP contribution in [0.25, 0.3) is 11.2 Å². The van der Waals surface area contributed by atoms with Crippen LogP contribution in [-0.2, 0) is 25.2 Å². The predicted molar refractivity (Wildman–Crippen MR) is 289 cm³/mol. The first-order chi connectivity index (χ1) is 34.8. The highest BCUT2D eigenvalue weighted by Crippen LogP contribution is 2.47. The van der Waals surface area contributed by atoms with E-state index in [9.17, 15) is 24.8 Å². The molecule has 1 saturated heterocycles. The summed E-state index contributed by atoms with van der Waals surface area (Å²) in [5, 5.41) is 37.2. The number of rotatable bonds is 20. The van der Waals surface area contributed by atoms with Crippen molar-refractivity contribution in [3.05, 3.63) is 108 Å². The number of carbonyl (C=O) groups excluding carboxylic acids is 3. The van der Waals surface area contributed by atoms with Crippen molar-refractivity contribution >= 4 is 74.9 Å². The van der Waals surface area contributed by atoms with Crippen LogP contribution in [0.2, 0.25) is 0 Å². The van der Waals surface area contributed by atoms with E-state index in [1.807, 2.05) is 28.2 Å². The number of aromatic amines is 1. The van der Waals surface area contributed by atoms with Crippen molar-refractivity contribution in [1.82, 2.24) is 19.9 Å². The number of nitrogens with one attached hydrogen (secondary N) is 5. The Kier molecular flexibility index (Phi) is 16.5. The maximum Gasteiger partial charge on any atom is 0.323 e. The summed E-state index contributed by atoms with van der Waals surface area (Å²) in [5.74, 6) is -0.227. The zero-order valence-corrected chi connectivity index (χ0v) is 44.2. The third kappa shape index (κ3) is 12.3. The SMILES string of the molecule is CCCCC(Oc1ccc(C(C)(C)CC)cc1C(C)(C)CC)C(=O)Nc1cc(O)c(NC(=O)Nc2ccc(C#N)cc2)cc1N1C(OC)C(C)(C)CN1c1ccc(NC(=O)CSc2ncnc3nc[nH]c23)cc1. The van der Waals surface area contributed by atoms with Crippen LogP contribution in [0, 0.1) is 16.7 Å². The molecule has 17 nitrogen and oxygen atoms in total. The van der Waals surface area contributed by atoms with E-state index >= 15 is 0 Å². The van der Waals surface area contributed by atoms with Crippen LogP contribution < -0.4 is 36.0 Å². The smallest absolute Gasteiger partial charge is 0.323 e. The summed E-state index contributed by atoms with van der Waals surface area (Å²) in [5.41, 5.74) is 5.39. The van der Waals surface area contributed by atoms with Gasteiger partial charge in [0.25, 0.3) is 5.91 Å². The summed E-state index contributed by atoms with van der Waals surface area (Å²) >= 11 is 1.27. The lowest BCUT2D eigenvalue weighted by Gasteiger charge is -2.37. The summed E-state index contributed by atoms with van der Waals surface area (Å²) < 4.78 is 13.1. The summed E-state index contributed by atoms with van der Waals surface area (Å²) in [7, 11) is 1.61. The molecule has 73 heavy (non-hydrogen) atoms. The van der Waals surface area contributed by atoms with Gasteiger partial charge in [0, 0.05) is 42.1 Å². The summed E-state index contributed by atoms with van der Waals surface area (Å²) in [6.45, 7) is 19.8. The van der Waals surface area contributed by atoms with Gasteiger partial charge >= 0.3 is 6.03 Å². The molecule has 0 spiro atoms. The Morgan fingerprint density at radius 3 is 2.26 bits per heavy atom. The topological polar surface area (TPSA) is 223 Å². The van der Waals surface area contributed by atoms with E-state index in [2.05, 4.69) is 122 Å². The highest BCUT2D eigenvalue weighted by atomic mass is 32.2. The number of fused-ring (bicyclic) bond motifs is 1. The molecule has 18 heteroatoms. The van der Waals surface area contributed by atoms with Crippen molar-refractivity contribution in [2.45, 2.75) is 123 Å². The van der Waals surface area contributed by atoms with Gasteiger partial charge in [-0.3, -0.25) is 19.6 Å². The lowest BCUT2D eigenvalue weighted by molar-refractivity contribution is -0.123. The number of phenolic OH excluding ortho intramolecular Hbond substituents is 1. The largest absolute Gasteiger partial charge is 0.506 e. The second kappa shape index (κ2) is 22.6. The number of imidazole rings is 1. The molecule has 2 unspecified atom stereocenters. The lowest BCUT2D eigenvalue weighted by atomic mass is 9.76. The summed E-state index contributed by atoms with van der Waals surface area (Å²) in [4.78, 5) is 57.3. The number of nitriles is 1. The van der Waals surface area contributed by atoms with Gasteiger partial charge in [0.05, 0.1) is 46.5 Å². The molecule has 1 aliphatic rings. The standard InChI is InChI=1S/C55H67N11O6S/c1-11-14-15-45(72-44-25-18-35(53(4,5)12-2)26-39(44)54(6,7)13-3)49(69)63-40-28-43(67)41(64-52(70)62-37-19-16-34(29-56)17-20-37)27-42(40)66-51(71-10)55(8,9)31-65(66)38-23-21-36(22-24-38)61-46(68)30-73-50-47-48(58-32-57-47)59-33-60-50/h16-28,32-33,45,51,67H,11-15,30-31H2,1-10H3,(H,61,68)(H,63,69)(H2,62,64,70)(H,57,58,59,60). The van der Waals surface area contributed by atoms with Crippen molar-refractivity contribution in [3.63, 3.8) is 0 Å². The number of phenols is 1. The number of aromatic nitrogens is 4. The Bertz CT molecular complexity index is 2970. The van der Waals surface area contributed by atoms with Crippen LogP contribution in [0.5, 0.6) is 11.5 Å². The van der Waals surface area contributed by atoms with Gasteiger partial charge in [-0.1, -0.05) is 92.6 Å². The number of hydrogen-bond donors (Lipinski definition) is 6. The second-order valence-corrected chi connectivity index (χ2v) is 21.2. The van der Waals surface area contributed by atoms with Crippen molar-refractivity contribution in [2.75, 3.05) is 50.7 Å². The maximum absolute atomic E-state index is 14.9. The van der Waals surface area contributed by atoms with Gasteiger partial charge in [-0.15, -0.1) is 0 Å². The van der Waals surface area contributed by atoms with Gasteiger partial charge in [0.2, 0.25) is 5.91 Å². The molecule has 0 aliphatic carbocycles. The summed E-state index contributed by atoms with van der Waals surface area (Å²) in [6.07, 6.45) is 5.16. The molecule has 7 rings (SSSR count). The van der Waals surface area contributed by atoms with E-state index in [0.29, 0.717) is 64.0 Å². The Morgan fingerprint density at radius 1 is 0.890 bits per heavy atom. The molecule has 6 aromatic rings. The number of nitrogens with zero attached hydrogens (tertiary/aromatic N) is 6. The normalized spacial score (nSPS) is 14.9. The van der Waals surface area contributed by atoms with Crippen LogP contribution in [0.4, 0.5) is 38.9 Å². The molecule has 0 radical (unpaired) electrons. The first-order valence-electron chi connectivity index (χ1n) is 24.6. The highest BCUT2D eigenvalue weighted by Gasteiger charge is 2.48. The van der Waals surface area contributed by atoms with E-state index < -0.39 is 29.7 Å². The zero-order chi connectivity index (χ0) is 52.7. The van der Waals surface area contributed by atoms with Gasteiger partial charge in [-0.05, 0) is 103 Å². The number of carbonyl (C=O) groups is 3. The van der Waals surface area contributed by atoms with Crippen LogP contribution in [0.15, 0.2) is 96.5 Å². The quantitative estimate of drug-likeness (QED) is 0.0238. The number of ether oxygens (including phenoxy) is 2. The van der Waals surface area contributed by atoms with Crippen LogP contribution >= 0.6 is 11.8 Å². The molecule has 0 saturated carbocycles. The number of aromatic hydroxyl groups is 1. The second-order valence-electron chi connectivity index (χ2n) is 20.2. The fourth-order valence-corrected chi connectivity index (χ4v) is 9.40. The molecule has 384 valence electrons. The number of anilines is 6. The zero-order valence-electron chi connectivity index (χ0n) is 43.3. The highest BCUT2D eigenvalue weighted by molar-refractivity contribution is 8.00. The number of benzene rings is 4. The number of urea groups is 1. The monoisotopic (exact) mass is 1010 g/mol. The van der Waals surface area contributed by atoms with E-state index in [0.717, 1.165) is 30.5 Å². The number of unbranched alkanes of at least 4 members (excludes halogenated alkanes) is 1. The Hall–Kier alpha value is -7.36. The Labute approximate surface area is 431 Å². The van der Waals surface area contributed by atoms with E-state index in [4.69, 9.17) is 9.47 Å². The number of amides is 4. The molecule has 4 aromatic carbocycles. The molecular weight excluding hydrogens is 943 g/mol. The number of hydrazine groups is 1. The predicted octanol–water partition coefficient (Wildman–Crippen LogP) is 11.5. The number of methoxy groups -OCH3 is 1. The van der Waals surface area contributed by atoms with Crippen molar-refractivity contribution in [3.8, 4) is 17.6 Å². The van der Waals surface area contributed by atoms with Gasteiger partial charge in [-0.25, -0.2) is 19.7 Å². The molecule has 2 aromatic heterocycles. The molecule has 6 N–H and O–H groups in total. The molecule has 2 atom stereocenters. The van der Waals surface area contributed by atoms with E-state index in [1.165, 1.54) is 36.0 Å². The van der Waals surface area contributed by atoms with Crippen molar-refractivity contribution < 1.29 is 29.0 Å². The maximum atomic E-state index is 14.9. The van der Waals surface area contributed by atoms with Gasteiger partial charge in [0.15, 0.2) is 18.0 Å². The average Bonchev–Trinajstić information content (AvgIpc) is 3.97. The van der Waals surface area contributed by atoms with Gasteiger partial charge < -0.3 is 40.8 Å². The number of H-pyrrole nitrogens is 1. The Morgan fingerprint density at radius 2 is 1.59 bits per heavy atom. The minimum Gasteiger partial charge on any atom is -0.506 e. The van der Waals surface area contributed by atoms with Crippen LogP contribution in [-0.4, -0.2) is 74.6 Å². The van der Waals surface area contributed by atoms with Crippen LogP contribution in [0.3, 0.4) is 0 Å². The molecule has 4 amide bonds. The fraction of sp³-hybridized carbons (Fsp3) is 0.400. The lowest BCUT2D eigenvalue weighted by Crippen LogP contribution is -2.45. The molecule has 3 heterocycles. The summed E-state index contributed by atoms with van der Waals surface area (Å²) in [6, 6.07) is 24.5. The van der Waals surface area contributed by atoms with Gasteiger partial charge in [0.1, 0.15) is 28.4 Å². The minimum absolute atomic E-state index is 0.0464. The first kappa shape index (κ1) is 53.4. The molecular formula is C55H67N11O6S. The van der Waals surface area contributed by atoms with Gasteiger partial charge in [-0.2, -0.15) is 5.26 Å². The molecule has 1 fully saturated rings. The van der Waals surface area contributed by atoms with E-state index in [1.54, 1.807) is 49.6 Å². The fourth-order valence-electron chi connectivity index (χ4n) is 8.65.